The molecule has 0 spiro atoms. The van der Waals surface area contributed by atoms with E-state index in [1.165, 1.54) is 141 Å². The van der Waals surface area contributed by atoms with Gasteiger partial charge in [0.2, 0.25) is 0 Å². The van der Waals surface area contributed by atoms with Gasteiger partial charge in [0.25, 0.3) is 0 Å². The van der Waals surface area contributed by atoms with Gasteiger partial charge in [-0.05, 0) is 64.2 Å². The largest absolute Gasteiger partial charge is 0.460 e. The summed E-state index contributed by atoms with van der Waals surface area (Å²) in [5.41, 5.74) is 0. The van der Waals surface area contributed by atoms with Crippen LogP contribution in [0.4, 0.5) is 0 Å². The molecule has 1 aliphatic rings. The van der Waals surface area contributed by atoms with E-state index in [4.69, 9.17) is 14.2 Å². The van der Waals surface area contributed by atoms with Gasteiger partial charge in [0, 0.05) is 12.8 Å². The standard InChI is InChI=1S/C44H82NO5/c1-3-5-7-9-11-13-15-17-19-21-23-25-27-29-31-33-43(46)49-41-37-45(35-39-48-40-36-45)38-42-50-44(47)34-32-30-28-26-24-22-20-18-16-14-12-10-8-6-4-2/h17-20H,3-16,21-42H2,1-2H3/q+1/b19-17-,20-18+. The molecular formula is C44H82NO5+. The van der Waals surface area contributed by atoms with Gasteiger partial charge in [-0.1, -0.05) is 141 Å². The van der Waals surface area contributed by atoms with E-state index in [1.54, 1.807) is 0 Å². The van der Waals surface area contributed by atoms with Crippen molar-refractivity contribution in [3.63, 3.8) is 0 Å². The minimum atomic E-state index is -0.0829. The lowest BCUT2D eigenvalue weighted by atomic mass is 10.1. The highest BCUT2D eigenvalue weighted by Crippen LogP contribution is 2.14. The second-order valence-corrected chi connectivity index (χ2v) is 15.0. The van der Waals surface area contributed by atoms with Crippen LogP contribution in [0.15, 0.2) is 24.3 Å². The molecule has 1 heterocycles. The molecular weight excluding hydrogens is 622 g/mol. The highest BCUT2D eigenvalue weighted by Gasteiger charge is 2.31. The minimum absolute atomic E-state index is 0.0829. The molecule has 0 N–H and O–H groups in total. The maximum absolute atomic E-state index is 12.4. The van der Waals surface area contributed by atoms with E-state index >= 15 is 0 Å². The topological polar surface area (TPSA) is 61.8 Å². The van der Waals surface area contributed by atoms with Crippen molar-refractivity contribution >= 4 is 11.9 Å². The summed E-state index contributed by atoms with van der Waals surface area (Å²) >= 11 is 0. The third-order valence-corrected chi connectivity index (χ3v) is 10.4. The molecule has 0 saturated carbocycles. The van der Waals surface area contributed by atoms with Crippen molar-refractivity contribution in [2.45, 2.75) is 194 Å². The summed E-state index contributed by atoms with van der Waals surface area (Å²) in [6, 6.07) is 0. The maximum atomic E-state index is 12.4. The first-order valence-electron chi connectivity index (χ1n) is 21.7. The molecule has 1 saturated heterocycles. The third-order valence-electron chi connectivity index (χ3n) is 10.4. The van der Waals surface area contributed by atoms with Crippen LogP contribution in [0.3, 0.4) is 0 Å². The summed E-state index contributed by atoms with van der Waals surface area (Å²) in [5, 5.41) is 0. The molecule has 1 aliphatic heterocycles. The lowest BCUT2D eigenvalue weighted by molar-refractivity contribution is -0.935. The van der Waals surface area contributed by atoms with Gasteiger partial charge >= 0.3 is 11.9 Å². The highest BCUT2D eigenvalue weighted by atomic mass is 16.5. The minimum Gasteiger partial charge on any atom is -0.460 e. The predicted molar refractivity (Wildman–Crippen MR) is 211 cm³/mol. The number of allylic oxidation sites excluding steroid dienone is 4. The molecule has 0 aromatic carbocycles. The number of hydrogen-bond acceptors (Lipinski definition) is 5. The van der Waals surface area contributed by atoms with Crippen molar-refractivity contribution in [2.75, 3.05) is 52.6 Å². The molecule has 6 nitrogen and oxygen atoms in total. The fourth-order valence-electron chi connectivity index (χ4n) is 6.82. The molecule has 0 bridgehead atoms. The molecule has 0 aromatic heterocycles. The summed E-state index contributed by atoms with van der Waals surface area (Å²) in [7, 11) is 0. The Balaban J connectivity index is 2.02. The number of hydrogen-bond donors (Lipinski definition) is 0. The quantitative estimate of drug-likeness (QED) is 0.0281. The van der Waals surface area contributed by atoms with Crippen molar-refractivity contribution in [1.82, 2.24) is 0 Å². The van der Waals surface area contributed by atoms with Gasteiger partial charge in [0.05, 0.1) is 13.2 Å². The van der Waals surface area contributed by atoms with Crippen molar-refractivity contribution < 1.29 is 28.3 Å². The molecule has 292 valence electrons. The van der Waals surface area contributed by atoms with Crippen LogP contribution < -0.4 is 0 Å². The Morgan fingerprint density at radius 1 is 0.480 bits per heavy atom. The lowest BCUT2D eigenvalue weighted by Gasteiger charge is -2.40. The first-order valence-corrected chi connectivity index (χ1v) is 21.7. The summed E-state index contributed by atoms with van der Waals surface area (Å²) in [5.74, 6) is -0.166. The Kier molecular flexibility index (Phi) is 33.1. The van der Waals surface area contributed by atoms with Crippen molar-refractivity contribution in [3.8, 4) is 0 Å². The number of carbonyl (C=O) groups excluding carboxylic acids is 2. The van der Waals surface area contributed by atoms with E-state index < -0.39 is 0 Å². The average molecular weight is 705 g/mol. The van der Waals surface area contributed by atoms with Gasteiger partial charge < -0.3 is 18.7 Å². The summed E-state index contributed by atoms with van der Waals surface area (Å²) in [6.45, 7) is 10.0. The van der Waals surface area contributed by atoms with Gasteiger partial charge in [0.1, 0.15) is 39.4 Å². The second-order valence-electron chi connectivity index (χ2n) is 15.0. The van der Waals surface area contributed by atoms with Crippen molar-refractivity contribution in [2.24, 2.45) is 0 Å². The first-order chi connectivity index (χ1) is 24.6. The van der Waals surface area contributed by atoms with Crippen LogP contribution in [0.1, 0.15) is 194 Å². The van der Waals surface area contributed by atoms with Crippen LogP contribution in [-0.2, 0) is 23.8 Å². The fourth-order valence-corrected chi connectivity index (χ4v) is 6.82. The monoisotopic (exact) mass is 705 g/mol. The number of carbonyl (C=O) groups is 2. The number of rotatable bonds is 36. The van der Waals surface area contributed by atoms with Gasteiger partial charge in [0.15, 0.2) is 0 Å². The second kappa shape index (κ2) is 35.7. The molecule has 50 heavy (non-hydrogen) atoms. The Hall–Kier alpha value is -1.66. The molecule has 0 unspecified atom stereocenters. The van der Waals surface area contributed by atoms with Crippen molar-refractivity contribution in [3.05, 3.63) is 24.3 Å². The Morgan fingerprint density at radius 3 is 1.16 bits per heavy atom. The van der Waals surface area contributed by atoms with Crippen molar-refractivity contribution in [1.29, 1.82) is 0 Å². The van der Waals surface area contributed by atoms with Crippen LogP contribution in [0.25, 0.3) is 0 Å². The van der Waals surface area contributed by atoms with Crippen LogP contribution in [0.2, 0.25) is 0 Å². The fraction of sp³-hybridized carbons (Fsp3) is 0.864. The van der Waals surface area contributed by atoms with E-state index in [9.17, 15) is 9.59 Å². The maximum Gasteiger partial charge on any atom is 0.305 e. The zero-order valence-corrected chi connectivity index (χ0v) is 33.3. The zero-order chi connectivity index (χ0) is 36.1. The molecule has 6 heteroatoms. The number of esters is 2. The molecule has 1 fully saturated rings. The average Bonchev–Trinajstić information content (AvgIpc) is 3.12. The first kappa shape index (κ1) is 46.4. The third kappa shape index (κ3) is 30.0. The highest BCUT2D eigenvalue weighted by molar-refractivity contribution is 5.69. The van der Waals surface area contributed by atoms with Crippen LogP contribution in [0.5, 0.6) is 0 Å². The summed E-state index contributed by atoms with van der Waals surface area (Å²) in [6.07, 6.45) is 43.0. The van der Waals surface area contributed by atoms with Gasteiger partial charge in [-0.15, -0.1) is 0 Å². The smallest absolute Gasteiger partial charge is 0.305 e. The molecule has 0 aromatic rings. The van der Waals surface area contributed by atoms with Crippen LogP contribution in [0, 0.1) is 0 Å². The zero-order valence-electron chi connectivity index (χ0n) is 33.3. The summed E-state index contributed by atoms with van der Waals surface area (Å²) < 4.78 is 17.7. The number of ether oxygens (including phenoxy) is 3. The van der Waals surface area contributed by atoms with Crippen LogP contribution in [-0.4, -0.2) is 69.0 Å². The Bertz CT molecular complexity index is 759. The van der Waals surface area contributed by atoms with E-state index in [0.29, 0.717) is 39.3 Å². The predicted octanol–water partition coefficient (Wildman–Crippen LogP) is 12.0. The molecule has 0 atom stereocenters. The van der Waals surface area contributed by atoms with Gasteiger partial charge in [-0.2, -0.15) is 0 Å². The molecule has 0 aliphatic carbocycles. The van der Waals surface area contributed by atoms with E-state index in [1.807, 2.05) is 0 Å². The van der Waals surface area contributed by atoms with E-state index in [-0.39, 0.29) is 11.9 Å². The van der Waals surface area contributed by atoms with E-state index in [0.717, 1.165) is 56.3 Å². The number of unbranched alkanes of at least 4 members (excludes halogenated alkanes) is 22. The number of morpholine rings is 1. The number of quaternary nitrogens is 1. The van der Waals surface area contributed by atoms with Gasteiger partial charge in [-0.3, -0.25) is 9.59 Å². The molecule has 1 rings (SSSR count). The SMILES string of the molecule is CCCCCCCC/C=C\CCCCCCCC(=O)OCC[N+]1(CCOC(=O)CCCCCCC/C=C/CCCCCCCC)CCOCC1. The normalized spacial score (nSPS) is 14.5. The van der Waals surface area contributed by atoms with E-state index in [2.05, 4.69) is 38.2 Å². The summed E-state index contributed by atoms with van der Waals surface area (Å²) in [4.78, 5) is 24.7. The Morgan fingerprint density at radius 2 is 0.800 bits per heavy atom. The van der Waals surface area contributed by atoms with Gasteiger partial charge in [-0.25, -0.2) is 0 Å². The molecule has 0 amide bonds. The van der Waals surface area contributed by atoms with Crippen LogP contribution >= 0.6 is 0 Å². The number of nitrogens with zero attached hydrogens (tertiary/aromatic N) is 1. The Labute approximate surface area is 310 Å². The molecule has 0 radical (unpaired) electrons. The lowest BCUT2D eigenvalue weighted by Crippen LogP contribution is -2.58.